The summed E-state index contributed by atoms with van der Waals surface area (Å²) < 4.78 is 5.39. The average molecular weight is 373 g/mol. The lowest BCUT2D eigenvalue weighted by molar-refractivity contribution is 0.160. The number of nitrogens with zero attached hydrogens (tertiary/aromatic N) is 1. The van der Waals surface area contributed by atoms with Crippen molar-refractivity contribution >= 4 is 33.8 Å². The van der Waals surface area contributed by atoms with E-state index >= 15 is 0 Å². The van der Waals surface area contributed by atoms with Crippen LogP contribution in [0.3, 0.4) is 0 Å². The fraction of sp³-hybridized carbons (Fsp3) is 0.400. The summed E-state index contributed by atoms with van der Waals surface area (Å²) in [7, 11) is 1.73. The van der Waals surface area contributed by atoms with Crippen molar-refractivity contribution in [1.29, 1.82) is 0 Å². The number of rotatable bonds is 3. The molecule has 130 valence electrons. The van der Waals surface area contributed by atoms with Crippen molar-refractivity contribution in [1.82, 2.24) is 9.88 Å². The van der Waals surface area contributed by atoms with E-state index < -0.39 is 0 Å². The van der Waals surface area contributed by atoms with E-state index in [0.29, 0.717) is 11.9 Å². The largest absolute Gasteiger partial charge is 0.497 e. The number of aryl methyl sites for hydroxylation is 1. The number of hydrogen-bond acceptors (Lipinski definition) is 3. The van der Waals surface area contributed by atoms with Crippen LogP contribution in [-0.2, 0) is 25.8 Å². The summed E-state index contributed by atoms with van der Waals surface area (Å²) in [6, 6.07) is 9.24. The minimum absolute atomic E-state index is 0.470. The van der Waals surface area contributed by atoms with Crippen LogP contribution in [0.5, 0.6) is 5.75 Å². The summed E-state index contributed by atoms with van der Waals surface area (Å²) in [5, 5.41) is 1.36. The molecule has 1 N–H and O–H groups in total. The van der Waals surface area contributed by atoms with Gasteiger partial charge in [-0.25, -0.2) is 0 Å². The van der Waals surface area contributed by atoms with Crippen molar-refractivity contribution in [3.05, 3.63) is 50.8 Å². The molecule has 0 saturated carbocycles. The lowest BCUT2D eigenvalue weighted by atomic mass is 9.91. The number of benzene rings is 1. The lowest BCUT2D eigenvalue weighted by Crippen LogP contribution is -2.38. The number of H-pyrrole nitrogens is 1. The minimum atomic E-state index is 0.470. The predicted octanol–water partition coefficient (Wildman–Crippen LogP) is 4.67. The molecular weight excluding hydrogens is 352 g/mol. The lowest BCUT2D eigenvalue weighted by Gasteiger charge is -2.39. The highest BCUT2D eigenvalue weighted by atomic mass is 35.5. The van der Waals surface area contributed by atoms with E-state index in [1.54, 1.807) is 12.0 Å². The highest BCUT2D eigenvalue weighted by molar-refractivity contribution is 7.12. The Labute approximate surface area is 156 Å². The first-order valence-corrected chi connectivity index (χ1v) is 10.2. The first-order valence-electron chi connectivity index (χ1n) is 8.86. The topological polar surface area (TPSA) is 28.3 Å². The monoisotopic (exact) mass is 372 g/mol. The number of hydrogen-bond donors (Lipinski definition) is 1. The molecule has 2 aromatic heterocycles. The average Bonchev–Trinajstić information content (AvgIpc) is 3.19. The molecule has 3 nitrogen and oxygen atoms in total. The number of alkyl halides is 1. The van der Waals surface area contributed by atoms with E-state index in [0.717, 1.165) is 38.1 Å². The van der Waals surface area contributed by atoms with Gasteiger partial charge in [0, 0.05) is 57.8 Å². The van der Waals surface area contributed by atoms with Crippen LogP contribution in [0.15, 0.2) is 24.3 Å². The summed E-state index contributed by atoms with van der Waals surface area (Å²) in [5.74, 6) is 1.62. The summed E-state index contributed by atoms with van der Waals surface area (Å²) >= 11 is 7.90. The maximum absolute atomic E-state index is 5.94. The van der Waals surface area contributed by atoms with Crippen molar-refractivity contribution < 1.29 is 4.74 Å². The molecule has 4 heterocycles. The Kier molecular flexibility index (Phi) is 3.81. The molecule has 0 bridgehead atoms. The second-order valence-corrected chi connectivity index (χ2v) is 8.57. The molecule has 0 saturated heterocycles. The van der Waals surface area contributed by atoms with Crippen LogP contribution >= 0.6 is 22.9 Å². The van der Waals surface area contributed by atoms with Gasteiger partial charge < -0.3 is 9.72 Å². The van der Waals surface area contributed by atoms with Crippen LogP contribution in [0.25, 0.3) is 10.9 Å². The summed E-state index contributed by atoms with van der Waals surface area (Å²) in [6.45, 7) is 2.20. The minimum Gasteiger partial charge on any atom is -0.497 e. The van der Waals surface area contributed by atoms with E-state index in [1.165, 1.54) is 32.6 Å². The molecular formula is C20H21ClN2OS. The van der Waals surface area contributed by atoms with Gasteiger partial charge in [-0.3, -0.25) is 4.90 Å². The van der Waals surface area contributed by atoms with Gasteiger partial charge in [0.2, 0.25) is 0 Å². The van der Waals surface area contributed by atoms with Crippen LogP contribution in [-0.4, -0.2) is 29.4 Å². The first kappa shape index (κ1) is 15.7. The normalized spacial score (nSPS) is 19.5. The third-order valence-corrected chi connectivity index (χ3v) is 7.06. The van der Waals surface area contributed by atoms with Gasteiger partial charge in [0.15, 0.2) is 0 Å². The third-order valence-electron chi connectivity index (χ3n) is 5.61. The fourth-order valence-corrected chi connectivity index (χ4v) is 5.93. The van der Waals surface area contributed by atoms with E-state index in [9.17, 15) is 0 Å². The Morgan fingerprint density at radius 1 is 1.36 bits per heavy atom. The molecule has 5 heteroatoms. The number of halogens is 1. The number of thiophene rings is 1. The fourth-order valence-electron chi connectivity index (χ4n) is 4.40. The van der Waals surface area contributed by atoms with E-state index in [2.05, 4.69) is 34.1 Å². The van der Waals surface area contributed by atoms with Gasteiger partial charge in [-0.05, 0) is 42.2 Å². The highest BCUT2D eigenvalue weighted by Crippen LogP contribution is 2.43. The number of nitrogens with one attached hydrogen (secondary N) is 1. The standard InChI is InChI=1S/C20H21ClN2OS/c1-24-13-2-3-15-16-5-7-23-11-12-8-14(4-6-21)25-19(12)10-18(23)20(16)22-17(15)9-13/h2-3,8-9,18,22H,4-7,10-11H2,1H3/t18-/m0/s1. The van der Waals surface area contributed by atoms with Gasteiger partial charge in [-0.2, -0.15) is 0 Å². The molecule has 2 aliphatic heterocycles. The molecule has 5 rings (SSSR count). The molecule has 2 aliphatic rings. The number of methoxy groups -OCH3 is 1. The zero-order valence-electron chi connectivity index (χ0n) is 14.3. The maximum atomic E-state index is 5.94. The Morgan fingerprint density at radius 3 is 3.12 bits per heavy atom. The van der Waals surface area contributed by atoms with Gasteiger partial charge in [0.25, 0.3) is 0 Å². The summed E-state index contributed by atoms with van der Waals surface area (Å²) in [6.07, 6.45) is 3.22. The molecule has 0 radical (unpaired) electrons. The third kappa shape index (κ3) is 2.50. The van der Waals surface area contributed by atoms with Gasteiger partial charge in [-0.15, -0.1) is 22.9 Å². The van der Waals surface area contributed by atoms with Crippen molar-refractivity contribution in [2.24, 2.45) is 0 Å². The molecule has 0 fully saturated rings. The molecule has 25 heavy (non-hydrogen) atoms. The molecule has 0 amide bonds. The number of aromatic nitrogens is 1. The van der Waals surface area contributed by atoms with Crippen LogP contribution in [0.2, 0.25) is 0 Å². The molecule has 0 spiro atoms. The Morgan fingerprint density at radius 2 is 2.28 bits per heavy atom. The number of ether oxygens (including phenoxy) is 1. The van der Waals surface area contributed by atoms with E-state index in [-0.39, 0.29) is 0 Å². The van der Waals surface area contributed by atoms with Crippen molar-refractivity contribution in [2.75, 3.05) is 19.5 Å². The van der Waals surface area contributed by atoms with Crippen LogP contribution < -0.4 is 4.74 Å². The first-order chi connectivity index (χ1) is 12.3. The number of aromatic amines is 1. The second-order valence-electron chi connectivity index (χ2n) is 6.97. The zero-order valence-corrected chi connectivity index (χ0v) is 15.8. The zero-order chi connectivity index (χ0) is 17.0. The molecule has 3 aromatic rings. The van der Waals surface area contributed by atoms with E-state index in [1.807, 2.05) is 11.3 Å². The van der Waals surface area contributed by atoms with Crippen molar-refractivity contribution in [3.8, 4) is 5.75 Å². The molecule has 0 aliphatic carbocycles. The highest BCUT2D eigenvalue weighted by Gasteiger charge is 2.35. The predicted molar refractivity (Wildman–Crippen MR) is 104 cm³/mol. The number of fused-ring (bicyclic) bond motifs is 6. The molecule has 1 atom stereocenters. The van der Waals surface area contributed by atoms with Crippen LogP contribution in [0, 0.1) is 0 Å². The molecule has 0 unspecified atom stereocenters. The van der Waals surface area contributed by atoms with E-state index in [4.69, 9.17) is 16.3 Å². The Hall–Kier alpha value is -1.49. The smallest absolute Gasteiger partial charge is 0.120 e. The van der Waals surface area contributed by atoms with Gasteiger partial charge in [0.05, 0.1) is 13.2 Å². The van der Waals surface area contributed by atoms with Crippen LogP contribution in [0.4, 0.5) is 0 Å². The SMILES string of the molecule is COc1ccc2c3c([nH]c2c1)[C@@H]1Cc2sc(CCCl)cc2CN1CC3. The van der Waals surface area contributed by atoms with Gasteiger partial charge >= 0.3 is 0 Å². The van der Waals surface area contributed by atoms with Crippen molar-refractivity contribution in [3.63, 3.8) is 0 Å². The van der Waals surface area contributed by atoms with Crippen LogP contribution in [0.1, 0.15) is 32.6 Å². The Balaban J connectivity index is 1.55. The maximum Gasteiger partial charge on any atom is 0.120 e. The molecule has 1 aromatic carbocycles. The quantitative estimate of drug-likeness (QED) is 0.676. The summed E-state index contributed by atoms with van der Waals surface area (Å²) in [4.78, 5) is 9.33. The summed E-state index contributed by atoms with van der Waals surface area (Å²) in [5.41, 5.74) is 5.63. The van der Waals surface area contributed by atoms with Gasteiger partial charge in [0.1, 0.15) is 5.75 Å². The second kappa shape index (κ2) is 6.04. The van der Waals surface area contributed by atoms with Gasteiger partial charge in [-0.1, -0.05) is 0 Å². The van der Waals surface area contributed by atoms with Crippen molar-refractivity contribution in [2.45, 2.75) is 31.8 Å². The Bertz CT molecular complexity index is 945.